The number of benzene rings is 7. The first-order valence-electron chi connectivity index (χ1n) is 16.0. The summed E-state index contributed by atoms with van der Waals surface area (Å²) in [7, 11) is 0. The Kier molecular flexibility index (Phi) is 6.38. The van der Waals surface area contributed by atoms with Gasteiger partial charge in [0.1, 0.15) is 11.2 Å². The van der Waals surface area contributed by atoms with Crippen LogP contribution < -0.4 is 0 Å². The number of halogens is 1. The zero-order valence-electron chi connectivity index (χ0n) is 25.9. The summed E-state index contributed by atoms with van der Waals surface area (Å²) in [5.41, 5.74) is 6.31. The molecule has 3 aromatic heterocycles. The number of fused-ring (bicyclic) bond motifs is 8. The van der Waals surface area contributed by atoms with Gasteiger partial charge in [0.25, 0.3) is 0 Å². The van der Waals surface area contributed by atoms with E-state index in [9.17, 15) is 0 Å². The average Bonchev–Trinajstić information content (AvgIpc) is 3.72. The summed E-state index contributed by atoms with van der Waals surface area (Å²) in [5.74, 6) is 1.67. The maximum Gasteiger partial charge on any atom is 0.165 e. The minimum Gasteiger partial charge on any atom is -0.455 e. The van der Waals surface area contributed by atoms with E-state index in [2.05, 4.69) is 97.1 Å². The van der Waals surface area contributed by atoms with Crippen LogP contribution in [0.5, 0.6) is 0 Å². The van der Waals surface area contributed by atoms with Crippen LogP contribution >= 0.6 is 22.9 Å². The highest BCUT2D eigenvalue weighted by atomic mass is 35.5. The fraction of sp³-hybridized carbons (Fsp3) is 0. The third-order valence-corrected chi connectivity index (χ3v) is 10.6. The van der Waals surface area contributed by atoms with Gasteiger partial charge in [0.05, 0.1) is 5.02 Å². The van der Waals surface area contributed by atoms with E-state index in [4.69, 9.17) is 31.0 Å². The maximum absolute atomic E-state index is 7.05. The highest BCUT2D eigenvalue weighted by Crippen LogP contribution is 2.40. The number of rotatable bonds is 4. The van der Waals surface area contributed by atoms with Crippen molar-refractivity contribution in [2.24, 2.45) is 0 Å². The van der Waals surface area contributed by atoms with Crippen LogP contribution in [0.1, 0.15) is 0 Å². The third kappa shape index (κ3) is 4.70. The number of furan rings is 1. The molecule has 49 heavy (non-hydrogen) atoms. The molecule has 4 nitrogen and oxygen atoms in total. The number of hydrogen-bond donors (Lipinski definition) is 0. The molecular weight excluding hydrogens is 642 g/mol. The molecule has 0 N–H and O–H groups in total. The number of nitrogens with zero attached hydrogens (tertiary/aromatic N) is 3. The van der Waals surface area contributed by atoms with E-state index in [0.29, 0.717) is 22.5 Å². The molecular formula is C43H24ClN3OS. The average molecular weight is 666 g/mol. The Morgan fingerprint density at radius 2 is 1.12 bits per heavy atom. The van der Waals surface area contributed by atoms with Crippen molar-refractivity contribution in [1.82, 2.24) is 15.0 Å². The molecule has 10 aromatic rings. The Morgan fingerprint density at radius 1 is 0.449 bits per heavy atom. The molecule has 6 heteroatoms. The van der Waals surface area contributed by atoms with Gasteiger partial charge in [-0.2, -0.15) is 0 Å². The van der Waals surface area contributed by atoms with Gasteiger partial charge in [-0.3, -0.25) is 0 Å². The molecule has 0 unspecified atom stereocenters. The lowest BCUT2D eigenvalue weighted by molar-refractivity contribution is 0.673. The van der Waals surface area contributed by atoms with Crippen molar-refractivity contribution in [3.63, 3.8) is 0 Å². The van der Waals surface area contributed by atoms with Crippen molar-refractivity contribution in [3.8, 4) is 45.3 Å². The lowest BCUT2D eigenvalue weighted by atomic mass is 10.0. The first kappa shape index (κ1) is 28.2. The molecule has 0 saturated heterocycles. The van der Waals surface area contributed by atoms with Gasteiger partial charge in [-0.1, -0.05) is 121 Å². The molecule has 0 saturated carbocycles. The fourth-order valence-electron chi connectivity index (χ4n) is 6.78. The molecule has 0 atom stereocenters. The molecule has 0 spiro atoms. The highest BCUT2D eigenvalue weighted by molar-refractivity contribution is 7.25. The minimum absolute atomic E-state index is 0.503. The Morgan fingerprint density at radius 3 is 2.00 bits per heavy atom. The first-order valence-corrected chi connectivity index (χ1v) is 17.2. The van der Waals surface area contributed by atoms with Gasteiger partial charge in [0.15, 0.2) is 17.5 Å². The fourth-order valence-corrected chi connectivity index (χ4v) is 8.17. The van der Waals surface area contributed by atoms with Crippen molar-refractivity contribution in [2.75, 3.05) is 0 Å². The van der Waals surface area contributed by atoms with Crippen molar-refractivity contribution < 1.29 is 4.42 Å². The van der Waals surface area contributed by atoms with Crippen molar-refractivity contribution >= 4 is 75.8 Å². The maximum atomic E-state index is 7.05. The number of thiophene rings is 1. The van der Waals surface area contributed by atoms with Gasteiger partial charge >= 0.3 is 0 Å². The minimum atomic E-state index is 0.503. The lowest BCUT2D eigenvalue weighted by Crippen LogP contribution is -2.00. The van der Waals surface area contributed by atoms with Crippen LogP contribution in [0.25, 0.3) is 98.2 Å². The van der Waals surface area contributed by atoms with Gasteiger partial charge in [-0.15, -0.1) is 11.3 Å². The normalized spacial score (nSPS) is 11.8. The van der Waals surface area contributed by atoms with Crippen LogP contribution in [-0.2, 0) is 0 Å². The van der Waals surface area contributed by atoms with E-state index in [1.54, 1.807) is 11.3 Å². The molecule has 0 aliphatic rings. The van der Waals surface area contributed by atoms with E-state index in [1.165, 1.54) is 20.2 Å². The number of hydrogen-bond acceptors (Lipinski definition) is 5. The summed E-state index contributed by atoms with van der Waals surface area (Å²) in [5, 5.41) is 7.16. The van der Waals surface area contributed by atoms with E-state index >= 15 is 0 Å². The van der Waals surface area contributed by atoms with Crippen LogP contribution in [0.2, 0.25) is 5.02 Å². The van der Waals surface area contributed by atoms with Gasteiger partial charge in [-0.25, -0.2) is 15.0 Å². The smallest absolute Gasteiger partial charge is 0.165 e. The monoisotopic (exact) mass is 665 g/mol. The predicted octanol–water partition coefficient (Wildman–Crippen LogP) is 12.6. The van der Waals surface area contributed by atoms with Crippen LogP contribution in [0, 0.1) is 0 Å². The second kappa shape index (κ2) is 11.1. The highest BCUT2D eigenvalue weighted by Gasteiger charge is 2.19. The van der Waals surface area contributed by atoms with Gasteiger partial charge in [-0.05, 0) is 46.8 Å². The molecule has 0 fully saturated rings. The second-order valence-corrected chi connectivity index (χ2v) is 13.6. The van der Waals surface area contributed by atoms with Crippen molar-refractivity contribution in [2.45, 2.75) is 0 Å². The van der Waals surface area contributed by atoms with Crippen molar-refractivity contribution in [3.05, 3.63) is 151 Å². The van der Waals surface area contributed by atoms with E-state index < -0.39 is 0 Å². The molecule has 0 radical (unpaired) electrons. The predicted molar refractivity (Wildman–Crippen MR) is 204 cm³/mol. The molecule has 0 aliphatic heterocycles. The SMILES string of the molecule is Clc1cc2oc3c4ccccc4ccc3c2cc1-c1nc(-c2cccc(-c3ccccc3)c2)nc(-c2ccc3c(c2)sc2ccccc23)n1. The molecule has 0 amide bonds. The van der Waals surface area contributed by atoms with Crippen molar-refractivity contribution in [1.29, 1.82) is 0 Å². The van der Waals surface area contributed by atoms with Gasteiger partial charge < -0.3 is 4.42 Å². The van der Waals surface area contributed by atoms with Crippen LogP contribution in [0.3, 0.4) is 0 Å². The molecule has 230 valence electrons. The summed E-state index contributed by atoms with van der Waals surface area (Å²) in [6.07, 6.45) is 0. The third-order valence-electron chi connectivity index (χ3n) is 9.19. The van der Waals surface area contributed by atoms with Gasteiger partial charge in [0, 0.05) is 59.1 Å². The summed E-state index contributed by atoms with van der Waals surface area (Å²) < 4.78 is 8.85. The van der Waals surface area contributed by atoms with E-state index in [-0.39, 0.29) is 0 Å². The van der Waals surface area contributed by atoms with E-state index in [0.717, 1.165) is 60.5 Å². The Balaban J connectivity index is 1.19. The first-order chi connectivity index (χ1) is 24.2. The summed E-state index contributed by atoms with van der Waals surface area (Å²) in [4.78, 5) is 15.3. The topological polar surface area (TPSA) is 51.8 Å². The second-order valence-electron chi connectivity index (χ2n) is 12.2. The summed E-state index contributed by atoms with van der Waals surface area (Å²) in [6.45, 7) is 0. The quantitative estimate of drug-likeness (QED) is 0.188. The Labute approximate surface area is 289 Å². The standard InChI is InChI=1S/C43H24ClN3OS/c44-36-24-37-34(33-20-17-26-11-4-5-14-30(26)40(33)48-37)23-35(36)43-46-41(28-13-8-12-27(21-28)25-9-2-1-3-10-25)45-42(47-43)29-18-19-32-31-15-6-7-16-38(31)49-39(32)22-29/h1-24H. The van der Waals surface area contributed by atoms with Gasteiger partial charge in [0.2, 0.25) is 0 Å². The summed E-state index contributed by atoms with van der Waals surface area (Å²) in [6, 6.07) is 50.1. The van der Waals surface area contributed by atoms with Crippen LogP contribution in [0.15, 0.2) is 150 Å². The molecule has 7 aromatic carbocycles. The Hall–Kier alpha value is -5.88. The summed E-state index contributed by atoms with van der Waals surface area (Å²) >= 11 is 8.83. The largest absolute Gasteiger partial charge is 0.455 e. The molecule has 3 heterocycles. The molecule has 0 bridgehead atoms. The molecule has 10 rings (SSSR count). The zero-order chi connectivity index (χ0) is 32.5. The zero-order valence-corrected chi connectivity index (χ0v) is 27.5. The van der Waals surface area contributed by atoms with Crippen LogP contribution in [0.4, 0.5) is 0 Å². The number of aromatic nitrogens is 3. The lowest BCUT2D eigenvalue weighted by Gasteiger charge is -2.11. The van der Waals surface area contributed by atoms with Crippen LogP contribution in [-0.4, -0.2) is 15.0 Å². The Bertz CT molecular complexity index is 2910. The molecule has 0 aliphatic carbocycles. The van der Waals surface area contributed by atoms with E-state index in [1.807, 2.05) is 48.5 Å².